The molecule has 1 saturated heterocycles. The first-order valence-corrected chi connectivity index (χ1v) is 10.4. The zero-order valence-corrected chi connectivity index (χ0v) is 15.7. The Balaban J connectivity index is 1.58. The van der Waals surface area contributed by atoms with Gasteiger partial charge in [0.05, 0.1) is 12.2 Å². The monoisotopic (exact) mass is 369 g/mol. The van der Waals surface area contributed by atoms with Crippen molar-refractivity contribution in [2.75, 3.05) is 13.1 Å². The second-order valence-corrected chi connectivity index (χ2v) is 8.68. The zero-order valence-electron chi connectivity index (χ0n) is 14.8. The van der Waals surface area contributed by atoms with Gasteiger partial charge in [-0.15, -0.1) is 0 Å². The fourth-order valence-electron chi connectivity index (χ4n) is 3.39. The highest BCUT2D eigenvalue weighted by Gasteiger charge is 2.30. The molecular formula is C17H27N3O4S. The van der Waals surface area contributed by atoms with E-state index < -0.39 is 10.2 Å². The standard InChI is InChI=1S/C17H27N3O4S/c1-13-11-20(12-14(2)23-13)25(21,22)19-10-15-7-8-18-17(9-15)24-16-5-3-4-6-16/h7-9,13-14,16,19H,3-6,10-12H2,1-2H3/t13-,14-/m0/s1. The van der Waals surface area contributed by atoms with Gasteiger partial charge in [0, 0.05) is 31.9 Å². The first-order valence-electron chi connectivity index (χ1n) is 8.94. The van der Waals surface area contributed by atoms with Crippen LogP contribution >= 0.6 is 0 Å². The molecule has 0 spiro atoms. The van der Waals surface area contributed by atoms with Crippen LogP contribution in [0.1, 0.15) is 45.1 Å². The van der Waals surface area contributed by atoms with E-state index in [1.54, 1.807) is 12.3 Å². The predicted molar refractivity (Wildman–Crippen MR) is 94.5 cm³/mol. The number of nitrogens with one attached hydrogen (secondary N) is 1. The number of hydrogen-bond donors (Lipinski definition) is 1. The molecule has 0 amide bonds. The van der Waals surface area contributed by atoms with Crippen LogP contribution in [0.5, 0.6) is 5.88 Å². The van der Waals surface area contributed by atoms with E-state index in [-0.39, 0.29) is 24.9 Å². The third kappa shape index (κ3) is 5.13. The van der Waals surface area contributed by atoms with Crippen LogP contribution in [-0.2, 0) is 21.5 Å². The molecule has 3 rings (SSSR count). The van der Waals surface area contributed by atoms with E-state index >= 15 is 0 Å². The van der Waals surface area contributed by atoms with Crippen molar-refractivity contribution in [3.63, 3.8) is 0 Å². The quantitative estimate of drug-likeness (QED) is 0.828. The largest absolute Gasteiger partial charge is 0.474 e. The lowest BCUT2D eigenvalue weighted by Crippen LogP contribution is -2.51. The molecule has 1 aliphatic carbocycles. The lowest BCUT2D eigenvalue weighted by molar-refractivity contribution is -0.0444. The highest BCUT2D eigenvalue weighted by Crippen LogP contribution is 2.23. The first kappa shape index (κ1) is 18.6. The van der Waals surface area contributed by atoms with E-state index in [0.29, 0.717) is 19.0 Å². The maximum Gasteiger partial charge on any atom is 0.279 e. The van der Waals surface area contributed by atoms with Crippen LogP contribution in [-0.4, -0.2) is 49.1 Å². The van der Waals surface area contributed by atoms with Crippen molar-refractivity contribution in [2.24, 2.45) is 0 Å². The summed E-state index contributed by atoms with van der Waals surface area (Å²) in [7, 11) is -3.54. The van der Waals surface area contributed by atoms with Crippen LogP contribution in [0.15, 0.2) is 18.3 Å². The van der Waals surface area contributed by atoms with Crippen LogP contribution in [0.3, 0.4) is 0 Å². The summed E-state index contributed by atoms with van der Waals surface area (Å²) in [6.07, 6.45) is 6.20. The topological polar surface area (TPSA) is 80.8 Å². The molecule has 8 heteroatoms. The van der Waals surface area contributed by atoms with Gasteiger partial charge in [-0.1, -0.05) is 0 Å². The van der Waals surface area contributed by atoms with Gasteiger partial charge in [-0.25, -0.2) is 4.98 Å². The Hall–Kier alpha value is -1.22. The smallest absolute Gasteiger partial charge is 0.279 e. The summed E-state index contributed by atoms with van der Waals surface area (Å²) < 4.78 is 40.6. The highest BCUT2D eigenvalue weighted by molar-refractivity contribution is 7.87. The number of nitrogens with zero attached hydrogens (tertiary/aromatic N) is 2. The van der Waals surface area contributed by atoms with Gasteiger partial charge in [0.1, 0.15) is 6.10 Å². The lowest BCUT2D eigenvalue weighted by Gasteiger charge is -2.34. The highest BCUT2D eigenvalue weighted by atomic mass is 32.2. The van der Waals surface area contributed by atoms with Gasteiger partial charge in [-0.05, 0) is 51.2 Å². The van der Waals surface area contributed by atoms with Crippen molar-refractivity contribution >= 4 is 10.2 Å². The maximum atomic E-state index is 12.5. The fourth-order valence-corrected chi connectivity index (χ4v) is 4.74. The van der Waals surface area contributed by atoms with Crippen molar-refractivity contribution in [1.82, 2.24) is 14.0 Å². The first-order chi connectivity index (χ1) is 11.9. The number of ether oxygens (including phenoxy) is 2. The molecule has 1 aromatic rings. The number of rotatable bonds is 6. The summed E-state index contributed by atoms with van der Waals surface area (Å²) in [4.78, 5) is 4.23. The molecule has 1 aromatic heterocycles. The summed E-state index contributed by atoms with van der Waals surface area (Å²) in [6.45, 7) is 4.71. The zero-order chi connectivity index (χ0) is 17.9. The summed E-state index contributed by atoms with van der Waals surface area (Å²) in [5.41, 5.74) is 0.834. The minimum Gasteiger partial charge on any atom is -0.474 e. The Morgan fingerprint density at radius 1 is 1.28 bits per heavy atom. The van der Waals surface area contributed by atoms with Gasteiger partial charge >= 0.3 is 0 Å². The molecule has 0 aromatic carbocycles. The molecule has 1 N–H and O–H groups in total. The summed E-state index contributed by atoms with van der Waals surface area (Å²) in [6, 6.07) is 3.61. The van der Waals surface area contributed by atoms with Crippen LogP contribution in [0.4, 0.5) is 0 Å². The molecule has 2 fully saturated rings. The molecule has 1 saturated carbocycles. The van der Waals surface area contributed by atoms with Gasteiger partial charge in [0.15, 0.2) is 0 Å². The van der Waals surface area contributed by atoms with Crippen LogP contribution < -0.4 is 9.46 Å². The molecule has 140 valence electrons. The van der Waals surface area contributed by atoms with E-state index in [4.69, 9.17) is 9.47 Å². The lowest BCUT2D eigenvalue weighted by atomic mass is 10.2. The number of morpholine rings is 1. The summed E-state index contributed by atoms with van der Waals surface area (Å²) in [5.74, 6) is 0.567. The Kier molecular flexibility index (Phi) is 5.93. The maximum absolute atomic E-state index is 12.5. The second kappa shape index (κ2) is 7.99. The van der Waals surface area contributed by atoms with E-state index in [0.717, 1.165) is 18.4 Å². The summed E-state index contributed by atoms with van der Waals surface area (Å²) in [5, 5.41) is 0. The van der Waals surface area contributed by atoms with Crippen molar-refractivity contribution in [3.8, 4) is 5.88 Å². The Labute approximate surface area is 149 Å². The third-order valence-electron chi connectivity index (χ3n) is 4.57. The average molecular weight is 369 g/mol. The minimum atomic E-state index is -3.54. The fraction of sp³-hybridized carbons (Fsp3) is 0.706. The molecular weight excluding hydrogens is 342 g/mol. The van der Waals surface area contributed by atoms with Crippen molar-refractivity contribution < 1.29 is 17.9 Å². The molecule has 0 bridgehead atoms. The molecule has 0 radical (unpaired) electrons. The predicted octanol–water partition coefficient (Wildman–Crippen LogP) is 1.85. The molecule has 25 heavy (non-hydrogen) atoms. The van der Waals surface area contributed by atoms with Crippen LogP contribution in [0.25, 0.3) is 0 Å². The molecule has 0 unspecified atom stereocenters. The van der Waals surface area contributed by atoms with Gasteiger partial charge in [-0.2, -0.15) is 17.4 Å². The van der Waals surface area contributed by atoms with Crippen molar-refractivity contribution in [3.05, 3.63) is 23.9 Å². The van der Waals surface area contributed by atoms with Crippen LogP contribution in [0.2, 0.25) is 0 Å². The van der Waals surface area contributed by atoms with Gasteiger partial charge in [0.2, 0.25) is 5.88 Å². The van der Waals surface area contributed by atoms with Gasteiger partial charge in [0.25, 0.3) is 10.2 Å². The minimum absolute atomic E-state index is 0.104. The molecule has 7 nitrogen and oxygen atoms in total. The van der Waals surface area contributed by atoms with E-state index in [1.807, 2.05) is 19.9 Å². The third-order valence-corrected chi connectivity index (χ3v) is 6.06. The Morgan fingerprint density at radius 2 is 1.96 bits per heavy atom. The molecule has 2 atom stereocenters. The Bertz CT molecular complexity index is 666. The summed E-state index contributed by atoms with van der Waals surface area (Å²) >= 11 is 0. The number of pyridine rings is 1. The second-order valence-electron chi connectivity index (χ2n) is 6.93. The van der Waals surface area contributed by atoms with Gasteiger partial charge < -0.3 is 9.47 Å². The van der Waals surface area contributed by atoms with Crippen LogP contribution in [0, 0.1) is 0 Å². The van der Waals surface area contributed by atoms with Crippen molar-refractivity contribution in [2.45, 2.75) is 64.4 Å². The number of aromatic nitrogens is 1. The number of hydrogen-bond acceptors (Lipinski definition) is 5. The van der Waals surface area contributed by atoms with E-state index in [2.05, 4.69) is 9.71 Å². The molecule has 2 heterocycles. The average Bonchev–Trinajstić information content (AvgIpc) is 3.05. The molecule has 2 aliphatic rings. The molecule has 1 aliphatic heterocycles. The van der Waals surface area contributed by atoms with Gasteiger partial charge in [-0.3, -0.25) is 0 Å². The Morgan fingerprint density at radius 3 is 2.64 bits per heavy atom. The van der Waals surface area contributed by atoms with Crippen molar-refractivity contribution in [1.29, 1.82) is 0 Å². The normalized spacial score (nSPS) is 26.0. The van der Waals surface area contributed by atoms with E-state index in [1.165, 1.54) is 17.1 Å². The van der Waals surface area contributed by atoms with E-state index in [9.17, 15) is 8.42 Å². The SMILES string of the molecule is C[C@H]1CN(S(=O)(=O)NCc2ccnc(OC3CCCC3)c2)C[C@H](C)O1.